The summed E-state index contributed by atoms with van der Waals surface area (Å²) in [4.78, 5) is 5.23. The summed E-state index contributed by atoms with van der Waals surface area (Å²) in [6, 6.07) is 2.29. The molecule has 0 radical (unpaired) electrons. The van der Waals surface area contributed by atoms with Gasteiger partial charge < -0.3 is 10.2 Å². The predicted molar refractivity (Wildman–Crippen MR) is 87.2 cm³/mol. The number of nitrogens with zero attached hydrogens (tertiary/aromatic N) is 2. The van der Waals surface area contributed by atoms with Gasteiger partial charge in [0.25, 0.3) is 0 Å². The zero-order chi connectivity index (χ0) is 14.4. The second-order valence-corrected chi connectivity index (χ2v) is 7.02. The highest BCUT2D eigenvalue weighted by atomic mass is 15.3. The van der Waals surface area contributed by atoms with Gasteiger partial charge in [-0.15, -0.1) is 0 Å². The quantitative estimate of drug-likeness (QED) is 0.836. The molecule has 3 heteroatoms. The molecule has 1 aliphatic heterocycles. The minimum absolute atomic E-state index is 0.725. The summed E-state index contributed by atoms with van der Waals surface area (Å²) in [7, 11) is 4.44. The largest absolute Gasteiger partial charge is 0.313 e. The highest BCUT2D eigenvalue weighted by molar-refractivity contribution is 4.92. The van der Waals surface area contributed by atoms with Gasteiger partial charge in [0.15, 0.2) is 0 Å². The second kappa shape index (κ2) is 8.35. The topological polar surface area (TPSA) is 18.5 Å². The summed E-state index contributed by atoms with van der Waals surface area (Å²) in [5.74, 6) is 0. The Hall–Kier alpha value is -0.120. The summed E-state index contributed by atoms with van der Waals surface area (Å²) in [6.45, 7) is 5.94. The minimum atomic E-state index is 0.725. The average Bonchev–Trinajstić information content (AvgIpc) is 2.80. The van der Waals surface area contributed by atoms with Crippen LogP contribution < -0.4 is 5.32 Å². The lowest BCUT2D eigenvalue weighted by molar-refractivity contribution is 0.106. The molecule has 0 aromatic carbocycles. The smallest absolute Gasteiger partial charge is 0.0252 e. The van der Waals surface area contributed by atoms with E-state index >= 15 is 0 Å². The van der Waals surface area contributed by atoms with Gasteiger partial charge in [0, 0.05) is 24.7 Å². The lowest BCUT2D eigenvalue weighted by atomic mass is 9.90. The lowest BCUT2D eigenvalue weighted by Gasteiger charge is -2.40. The van der Waals surface area contributed by atoms with Crippen LogP contribution in [0.15, 0.2) is 0 Å². The first-order chi connectivity index (χ1) is 9.72. The Labute approximate surface area is 126 Å². The first kappa shape index (κ1) is 16.3. The Kier molecular flexibility index (Phi) is 6.79. The number of likely N-dealkylation sites (N-methyl/N-ethyl adjacent to an activating group) is 2. The lowest BCUT2D eigenvalue weighted by Crippen LogP contribution is -2.53. The van der Waals surface area contributed by atoms with Crippen LogP contribution in [0.5, 0.6) is 0 Å². The molecule has 3 unspecified atom stereocenters. The second-order valence-electron chi connectivity index (χ2n) is 7.02. The van der Waals surface area contributed by atoms with E-state index < -0.39 is 0 Å². The molecule has 1 saturated carbocycles. The SMILES string of the molecule is CCNC1CCCCCCC1N1CCCC1CN(C)C. The molecule has 1 N–H and O–H groups in total. The minimum Gasteiger partial charge on any atom is -0.313 e. The van der Waals surface area contributed by atoms with Crippen LogP contribution in [0, 0.1) is 0 Å². The van der Waals surface area contributed by atoms with Crippen LogP contribution in [-0.4, -0.2) is 61.7 Å². The van der Waals surface area contributed by atoms with Gasteiger partial charge in [-0.3, -0.25) is 4.90 Å². The summed E-state index contributed by atoms with van der Waals surface area (Å²) < 4.78 is 0. The maximum absolute atomic E-state index is 3.80. The van der Waals surface area contributed by atoms with Crippen molar-refractivity contribution >= 4 is 0 Å². The van der Waals surface area contributed by atoms with E-state index in [0.29, 0.717) is 0 Å². The van der Waals surface area contributed by atoms with Crippen molar-refractivity contribution in [1.82, 2.24) is 15.1 Å². The van der Waals surface area contributed by atoms with Gasteiger partial charge in [-0.2, -0.15) is 0 Å². The Morgan fingerprint density at radius 1 is 1.00 bits per heavy atom. The van der Waals surface area contributed by atoms with Crippen LogP contribution in [0.4, 0.5) is 0 Å². The van der Waals surface area contributed by atoms with Crippen molar-refractivity contribution in [1.29, 1.82) is 0 Å². The van der Waals surface area contributed by atoms with E-state index in [4.69, 9.17) is 0 Å². The van der Waals surface area contributed by atoms with Crippen LogP contribution in [0.3, 0.4) is 0 Å². The Balaban J connectivity index is 2.03. The molecule has 2 rings (SSSR count). The molecule has 1 aliphatic carbocycles. The number of hydrogen-bond acceptors (Lipinski definition) is 3. The number of nitrogens with one attached hydrogen (secondary N) is 1. The fourth-order valence-electron chi connectivity index (χ4n) is 4.27. The van der Waals surface area contributed by atoms with E-state index in [1.807, 2.05) is 0 Å². The van der Waals surface area contributed by atoms with E-state index in [1.54, 1.807) is 0 Å². The molecule has 3 nitrogen and oxygen atoms in total. The summed E-state index contributed by atoms with van der Waals surface area (Å²) in [5.41, 5.74) is 0. The first-order valence-corrected chi connectivity index (χ1v) is 8.86. The molecule has 20 heavy (non-hydrogen) atoms. The van der Waals surface area contributed by atoms with Gasteiger partial charge in [-0.1, -0.05) is 32.6 Å². The number of rotatable bonds is 5. The van der Waals surface area contributed by atoms with E-state index in [-0.39, 0.29) is 0 Å². The van der Waals surface area contributed by atoms with Gasteiger partial charge in [-0.05, 0) is 52.9 Å². The number of likely N-dealkylation sites (tertiary alicyclic amines) is 1. The van der Waals surface area contributed by atoms with Gasteiger partial charge >= 0.3 is 0 Å². The van der Waals surface area contributed by atoms with E-state index in [1.165, 1.54) is 64.5 Å². The van der Waals surface area contributed by atoms with Crippen LogP contribution in [0.25, 0.3) is 0 Å². The highest BCUT2D eigenvalue weighted by Crippen LogP contribution is 2.28. The van der Waals surface area contributed by atoms with Gasteiger partial charge in [0.1, 0.15) is 0 Å². The van der Waals surface area contributed by atoms with Crippen molar-refractivity contribution in [3.8, 4) is 0 Å². The third-order valence-corrected chi connectivity index (χ3v) is 5.12. The fourth-order valence-corrected chi connectivity index (χ4v) is 4.27. The van der Waals surface area contributed by atoms with Gasteiger partial charge in [0.2, 0.25) is 0 Å². The van der Waals surface area contributed by atoms with Crippen molar-refractivity contribution in [3.63, 3.8) is 0 Å². The van der Waals surface area contributed by atoms with Crippen molar-refractivity contribution in [2.24, 2.45) is 0 Å². The predicted octanol–water partition coefficient (Wildman–Crippen LogP) is 2.71. The summed E-state index contributed by atoms with van der Waals surface area (Å²) >= 11 is 0. The molecular formula is C17H35N3. The molecule has 0 bridgehead atoms. The zero-order valence-corrected chi connectivity index (χ0v) is 13.9. The van der Waals surface area contributed by atoms with Gasteiger partial charge in [-0.25, -0.2) is 0 Å². The van der Waals surface area contributed by atoms with Crippen LogP contribution in [0.1, 0.15) is 58.3 Å². The zero-order valence-electron chi connectivity index (χ0n) is 13.9. The fraction of sp³-hybridized carbons (Fsp3) is 1.00. The molecule has 1 heterocycles. The van der Waals surface area contributed by atoms with Crippen molar-refractivity contribution in [2.45, 2.75) is 76.4 Å². The molecule has 0 aromatic heterocycles. The Morgan fingerprint density at radius 2 is 1.75 bits per heavy atom. The molecule has 3 atom stereocenters. The molecule has 2 fully saturated rings. The molecule has 0 spiro atoms. The normalized spacial score (nSPS) is 33.3. The summed E-state index contributed by atoms with van der Waals surface area (Å²) in [5, 5.41) is 3.80. The molecule has 0 amide bonds. The molecular weight excluding hydrogens is 246 g/mol. The summed E-state index contributed by atoms with van der Waals surface area (Å²) in [6.07, 6.45) is 11.3. The van der Waals surface area contributed by atoms with Crippen LogP contribution in [-0.2, 0) is 0 Å². The van der Waals surface area contributed by atoms with Crippen molar-refractivity contribution < 1.29 is 0 Å². The van der Waals surface area contributed by atoms with E-state index in [2.05, 4.69) is 36.1 Å². The first-order valence-electron chi connectivity index (χ1n) is 8.86. The van der Waals surface area contributed by atoms with Crippen LogP contribution >= 0.6 is 0 Å². The van der Waals surface area contributed by atoms with Crippen LogP contribution in [0.2, 0.25) is 0 Å². The van der Waals surface area contributed by atoms with Gasteiger partial charge in [0.05, 0.1) is 0 Å². The molecule has 0 aromatic rings. The molecule has 118 valence electrons. The maximum Gasteiger partial charge on any atom is 0.0252 e. The van der Waals surface area contributed by atoms with Crippen molar-refractivity contribution in [3.05, 3.63) is 0 Å². The average molecular weight is 281 g/mol. The third kappa shape index (κ3) is 4.44. The van der Waals surface area contributed by atoms with Crippen molar-refractivity contribution in [2.75, 3.05) is 33.7 Å². The highest BCUT2D eigenvalue weighted by Gasteiger charge is 2.35. The Bertz CT molecular complexity index is 267. The monoisotopic (exact) mass is 281 g/mol. The Morgan fingerprint density at radius 3 is 2.45 bits per heavy atom. The standard InChI is InChI=1S/C17H35N3/c1-4-18-16-11-7-5-6-8-12-17(16)20-13-9-10-15(20)14-19(2)3/h15-18H,4-14H2,1-3H3. The third-order valence-electron chi connectivity index (χ3n) is 5.12. The molecule has 2 aliphatic rings. The van der Waals surface area contributed by atoms with E-state index in [9.17, 15) is 0 Å². The number of hydrogen-bond donors (Lipinski definition) is 1. The van der Waals surface area contributed by atoms with E-state index in [0.717, 1.165) is 24.7 Å². The molecule has 1 saturated heterocycles. The maximum atomic E-state index is 3.80.